The molecule has 0 spiro atoms. The summed E-state index contributed by atoms with van der Waals surface area (Å²) < 4.78 is 1.65. The van der Waals surface area contributed by atoms with Crippen molar-refractivity contribution in [2.75, 3.05) is 7.05 Å². The molecule has 2 aliphatic carbocycles. The molecule has 0 radical (unpaired) electrons. The molecule has 3 rings (SSSR count). The highest BCUT2D eigenvalue weighted by Gasteiger charge is 2.56. The van der Waals surface area contributed by atoms with Gasteiger partial charge in [0.15, 0.2) is 0 Å². The standard InChI is InChI=1S/C12H15Cl2NS/c1-15-11(8-5-9(13)16-12(8)14)10-6-3-2-4-7(6)10/h5-7,10-11,15H,2-4H2,1H3. The lowest BCUT2D eigenvalue weighted by atomic mass is 9.99. The Balaban J connectivity index is 1.84. The van der Waals surface area contributed by atoms with Crippen molar-refractivity contribution < 1.29 is 0 Å². The van der Waals surface area contributed by atoms with Crippen LogP contribution in [0.2, 0.25) is 8.67 Å². The minimum atomic E-state index is 0.409. The van der Waals surface area contributed by atoms with Gasteiger partial charge in [0.25, 0.3) is 0 Å². The predicted molar refractivity (Wildman–Crippen MR) is 70.5 cm³/mol. The fourth-order valence-corrected chi connectivity index (χ4v) is 5.04. The molecule has 4 heteroatoms. The molecule has 1 aromatic rings. The third kappa shape index (κ3) is 1.71. The van der Waals surface area contributed by atoms with E-state index in [0.29, 0.717) is 6.04 Å². The first-order valence-corrected chi connectivity index (χ1v) is 7.41. The fraction of sp³-hybridized carbons (Fsp3) is 0.667. The maximum atomic E-state index is 6.24. The van der Waals surface area contributed by atoms with E-state index in [0.717, 1.165) is 26.4 Å². The third-order valence-corrected chi connectivity index (χ3v) is 5.70. The van der Waals surface area contributed by atoms with Crippen LogP contribution in [-0.2, 0) is 0 Å². The van der Waals surface area contributed by atoms with Gasteiger partial charge in [-0.2, -0.15) is 0 Å². The Bertz CT molecular complexity index is 394. The summed E-state index contributed by atoms with van der Waals surface area (Å²) >= 11 is 13.7. The number of rotatable bonds is 3. The summed E-state index contributed by atoms with van der Waals surface area (Å²) in [6.45, 7) is 0. The quantitative estimate of drug-likeness (QED) is 0.864. The summed E-state index contributed by atoms with van der Waals surface area (Å²) in [7, 11) is 2.03. The lowest BCUT2D eigenvalue weighted by molar-refractivity contribution is 0.445. The molecule has 1 heterocycles. The van der Waals surface area contributed by atoms with Gasteiger partial charge >= 0.3 is 0 Å². The van der Waals surface area contributed by atoms with Crippen LogP contribution in [0.1, 0.15) is 30.9 Å². The Hall–Kier alpha value is 0.240. The maximum absolute atomic E-state index is 6.24. The number of nitrogens with one attached hydrogen (secondary N) is 1. The molecule has 1 aromatic heterocycles. The average Bonchev–Trinajstić information content (AvgIpc) is 2.63. The van der Waals surface area contributed by atoms with Crippen LogP contribution >= 0.6 is 34.5 Å². The van der Waals surface area contributed by atoms with E-state index in [1.807, 2.05) is 13.1 Å². The maximum Gasteiger partial charge on any atom is 0.0992 e. The molecular formula is C12H15Cl2NS. The first-order valence-electron chi connectivity index (χ1n) is 5.84. The van der Waals surface area contributed by atoms with E-state index >= 15 is 0 Å². The van der Waals surface area contributed by atoms with E-state index in [9.17, 15) is 0 Å². The summed E-state index contributed by atoms with van der Waals surface area (Å²) in [5.41, 5.74) is 1.21. The van der Waals surface area contributed by atoms with E-state index < -0.39 is 0 Å². The summed E-state index contributed by atoms with van der Waals surface area (Å²) in [6.07, 6.45) is 4.23. The molecule has 0 aliphatic heterocycles. The fourth-order valence-electron chi connectivity index (χ4n) is 3.49. The average molecular weight is 276 g/mol. The molecular weight excluding hydrogens is 261 g/mol. The van der Waals surface area contributed by atoms with Crippen molar-refractivity contribution in [3.8, 4) is 0 Å². The van der Waals surface area contributed by atoms with Crippen molar-refractivity contribution in [2.45, 2.75) is 25.3 Å². The lowest BCUT2D eigenvalue weighted by Gasteiger charge is -2.17. The smallest absolute Gasteiger partial charge is 0.0992 e. The van der Waals surface area contributed by atoms with E-state index in [2.05, 4.69) is 5.32 Å². The first-order chi connectivity index (χ1) is 7.72. The Morgan fingerprint density at radius 1 is 1.38 bits per heavy atom. The number of halogens is 2. The number of hydrogen-bond donors (Lipinski definition) is 1. The zero-order valence-corrected chi connectivity index (χ0v) is 11.5. The van der Waals surface area contributed by atoms with E-state index in [4.69, 9.17) is 23.2 Å². The van der Waals surface area contributed by atoms with Gasteiger partial charge in [-0.1, -0.05) is 29.6 Å². The molecule has 16 heavy (non-hydrogen) atoms. The SMILES string of the molecule is CNC(c1cc(Cl)sc1Cl)C1C2CCCC21. The molecule has 3 atom stereocenters. The largest absolute Gasteiger partial charge is 0.313 e. The van der Waals surface area contributed by atoms with Crippen LogP contribution in [0.3, 0.4) is 0 Å². The molecule has 2 saturated carbocycles. The summed E-state index contributed by atoms with van der Waals surface area (Å²) in [6, 6.07) is 2.44. The molecule has 0 bridgehead atoms. The Morgan fingerprint density at radius 2 is 2.06 bits per heavy atom. The van der Waals surface area contributed by atoms with Crippen molar-refractivity contribution in [3.63, 3.8) is 0 Å². The van der Waals surface area contributed by atoms with Crippen LogP contribution in [0.15, 0.2) is 6.07 Å². The zero-order chi connectivity index (χ0) is 11.3. The van der Waals surface area contributed by atoms with Crippen LogP contribution in [0.25, 0.3) is 0 Å². The van der Waals surface area contributed by atoms with E-state index in [1.54, 1.807) is 0 Å². The number of fused-ring (bicyclic) bond motifs is 1. The van der Waals surface area contributed by atoms with Crippen LogP contribution in [0.4, 0.5) is 0 Å². The highest BCUT2D eigenvalue weighted by molar-refractivity contribution is 7.20. The Labute approximate surface area is 110 Å². The normalized spacial score (nSPS) is 33.8. The second-order valence-electron chi connectivity index (χ2n) is 4.88. The second kappa shape index (κ2) is 4.16. The highest BCUT2D eigenvalue weighted by Crippen LogP contribution is 2.62. The molecule has 1 N–H and O–H groups in total. The summed E-state index contributed by atoms with van der Waals surface area (Å²) in [5.74, 6) is 2.67. The Kier molecular flexibility index (Phi) is 2.95. The van der Waals surface area contributed by atoms with Crippen molar-refractivity contribution in [3.05, 3.63) is 20.3 Å². The molecule has 0 saturated heterocycles. The monoisotopic (exact) mass is 275 g/mol. The minimum absolute atomic E-state index is 0.409. The predicted octanol–water partition coefficient (Wildman–Crippen LogP) is 4.36. The molecule has 1 nitrogen and oxygen atoms in total. The molecule has 0 aromatic carbocycles. The van der Waals surface area contributed by atoms with Gasteiger partial charge in [-0.3, -0.25) is 0 Å². The number of thiophene rings is 1. The lowest BCUT2D eigenvalue weighted by Crippen LogP contribution is -2.20. The summed E-state index contributed by atoms with van der Waals surface area (Å²) in [5, 5.41) is 3.43. The van der Waals surface area contributed by atoms with Gasteiger partial charge < -0.3 is 5.32 Å². The zero-order valence-electron chi connectivity index (χ0n) is 9.17. The minimum Gasteiger partial charge on any atom is -0.313 e. The molecule has 88 valence electrons. The van der Waals surface area contributed by atoms with Crippen molar-refractivity contribution in [1.29, 1.82) is 0 Å². The van der Waals surface area contributed by atoms with Crippen LogP contribution in [-0.4, -0.2) is 7.05 Å². The molecule has 2 aliphatic rings. The van der Waals surface area contributed by atoms with Gasteiger partial charge in [-0.25, -0.2) is 0 Å². The van der Waals surface area contributed by atoms with Crippen molar-refractivity contribution >= 4 is 34.5 Å². The first kappa shape index (κ1) is 11.3. The molecule has 0 amide bonds. The topological polar surface area (TPSA) is 12.0 Å². The summed E-state index contributed by atoms with van der Waals surface area (Å²) in [4.78, 5) is 0. The van der Waals surface area contributed by atoms with Gasteiger partial charge in [0.05, 0.1) is 8.67 Å². The molecule has 2 fully saturated rings. The highest BCUT2D eigenvalue weighted by atomic mass is 35.5. The van der Waals surface area contributed by atoms with Gasteiger partial charge in [0.2, 0.25) is 0 Å². The van der Waals surface area contributed by atoms with E-state index in [-0.39, 0.29) is 0 Å². The second-order valence-corrected chi connectivity index (χ2v) is 7.17. The van der Waals surface area contributed by atoms with Gasteiger partial charge in [0.1, 0.15) is 0 Å². The van der Waals surface area contributed by atoms with Crippen LogP contribution in [0.5, 0.6) is 0 Å². The van der Waals surface area contributed by atoms with Gasteiger partial charge in [-0.15, -0.1) is 11.3 Å². The van der Waals surface area contributed by atoms with Crippen LogP contribution < -0.4 is 5.32 Å². The van der Waals surface area contributed by atoms with Gasteiger partial charge in [0, 0.05) is 11.6 Å². The van der Waals surface area contributed by atoms with Crippen molar-refractivity contribution in [1.82, 2.24) is 5.32 Å². The van der Waals surface area contributed by atoms with Crippen LogP contribution in [0, 0.1) is 17.8 Å². The van der Waals surface area contributed by atoms with Gasteiger partial charge in [-0.05, 0) is 43.7 Å². The van der Waals surface area contributed by atoms with E-state index in [1.165, 1.54) is 36.2 Å². The molecule has 3 unspecified atom stereocenters. The Morgan fingerprint density at radius 3 is 2.56 bits per heavy atom. The third-order valence-electron chi connectivity index (χ3n) is 4.19. The van der Waals surface area contributed by atoms with Crippen molar-refractivity contribution in [2.24, 2.45) is 17.8 Å². The number of hydrogen-bond acceptors (Lipinski definition) is 2.